The molecule has 0 saturated carbocycles. The van der Waals surface area contributed by atoms with Gasteiger partial charge < -0.3 is 0 Å². The molecule has 3 rings (SSSR count). The average Bonchev–Trinajstić information content (AvgIpc) is 2.63. The lowest BCUT2D eigenvalue weighted by atomic mass is 10.0. The third kappa shape index (κ3) is 4.24. The molecule has 1 N–H and O–H groups in total. The molecule has 0 unspecified atom stereocenters. The summed E-state index contributed by atoms with van der Waals surface area (Å²) in [5, 5.41) is 4.30. The number of para-hydroxylation sites is 1. The second-order valence-corrected chi connectivity index (χ2v) is 5.97. The van der Waals surface area contributed by atoms with Crippen LogP contribution < -0.4 is 5.43 Å². The Morgan fingerprint density at radius 1 is 0.826 bits per heavy atom. The molecule has 0 radical (unpaired) electrons. The summed E-state index contributed by atoms with van der Waals surface area (Å²) in [6.07, 6.45) is 3.93. The Bertz CT molecular complexity index is 780. The Hall–Kier alpha value is -2.52. The van der Waals surface area contributed by atoms with Crippen molar-refractivity contribution >= 4 is 23.7 Å². The van der Waals surface area contributed by atoms with E-state index in [0.29, 0.717) is 0 Å². The Labute approximate surface area is 141 Å². The van der Waals surface area contributed by atoms with Crippen molar-refractivity contribution in [2.45, 2.75) is 4.90 Å². The summed E-state index contributed by atoms with van der Waals surface area (Å²) in [4.78, 5) is 1.28. The molecule has 0 heterocycles. The van der Waals surface area contributed by atoms with E-state index in [1.165, 1.54) is 16.0 Å². The molecule has 3 aromatic carbocycles. The predicted octanol–water partition coefficient (Wildman–Crippen LogP) is 5.52. The van der Waals surface area contributed by atoms with Gasteiger partial charge in [-0.3, -0.25) is 5.43 Å². The third-order valence-electron chi connectivity index (χ3n) is 3.49. The minimum Gasteiger partial charge on any atom is -0.279 e. The van der Waals surface area contributed by atoms with Gasteiger partial charge in [-0.15, -0.1) is 11.8 Å². The number of benzene rings is 3. The van der Waals surface area contributed by atoms with Gasteiger partial charge in [-0.1, -0.05) is 48.5 Å². The number of hydrazone groups is 1. The van der Waals surface area contributed by atoms with E-state index in [9.17, 15) is 0 Å². The van der Waals surface area contributed by atoms with Crippen molar-refractivity contribution in [2.24, 2.45) is 5.10 Å². The quantitative estimate of drug-likeness (QED) is 0.380. The lowest BCUT2D eigenvalue weighted by Gasteiger charge is -2.04. The maximum atomic E-state index is 4.30. The third-order valence-corrected chi connectivity index (χ3v) is 4.23. The molecule has 0 aliphatic rings. The maximum Gasteiger partial charge on any atom is 0.0561 e. The highest BCUT2D eigenvalue weighted by Gasteiger charge is 1.99. The van der Waals surface area contributed by atoms with E-state index in [4.69, 9.17) is 0 Å². The first-order chi connectivity index (χ1) is 11.3. The van der Waals surface area contributed by atoms with E-state index in [0.717, 1.165) is 11.3 Å². The summed E-state index contributed by atoms with van der Waals surface area (Å²) in [5.74, 6) is 0. The van der Waals surface area contributed by atoms with Crippen LogP contribution in [0.1, 0.15) is 5.56 Å². The molecule has 23 heavy (non-hydrogen) atoms. The van der Waals surface area contributed by atoms with Crippen molar-refractivity contribution in [1.29, 1.82) is 0 Å². The summed E-state index contributed by atoms with van der Waals surface area (Å²) in [6, 6.07) is 26.9. The molecule has 0 amide bonds. The highest BCUT2D eigenvalue weighted by atomic mass is 32.2. The van der Waals surface area contributed by atoms with Crippen LogP contribution in [0.3, 0.4) is 0 Å². The van der Waals surface area contributed by atoms with E-state index in [1.54, 1.807) is 11.8 Å². The van der Waals surface area contributed by atoms with Crippen molar-refractivity contribution in [1.82, 2.24) is 0 Å². The molecule has 0 aromatic heterocycles. The molecule has 0 saturated heterocycles. The van der Waals surface area contributed by atoms with Crippen molar-refractivity contribution in [2.75, 3.05) is 11.7 Å². The lowest BCUT2D eigenvalue weighted by molar-refractivity contribution is 1.35. The van der Waals surface area contributed by atoms with Gasteiger partial charge in [0.15, 0.2) is 0 Å². The monoisotopic (exact) mass is 318 g/mol. The molecule has 0 fully saturated rings. The molecular weight excluding hydrogens is 300 g/mol. The normalized spacial score (nSPS) is 10.8. The highest BCUT2D eigenvalue weighted by Crippen LogP contribution is 2.23. The molecule has 2 nitrogen and oxygen atoms in total. The minimum atomic E-state index is 0.979. The molecule has 3 aromatic rings. The summed E-state index contributed by atoms with van der Waals surface area (Å²) in [7, 11) is 0. The largest absolute Gasteiger partial charge is 0.279 e. The first-order valence-corrected chi connectivity index (χ1v) is 8.66. The van der Waals surface area contributed by atoms with Crippen LogP contribution >= 0.6 is 11.8 Å². The van der Waals surface area contributed by atoms with E-state index >= 15 is 0 Å². The van der Waals surface area contributed by atoms with Gasteiger partial charge in [0.25, 0.3) is 0 Å². The average molecular weight is 318 g/mol. The van der Waals surface area contributed by atoms with E-state index in [2.05, 4.69) is 65.3 Å². The van der Waals surface area contributed by atoms with E-state index in [1.807, 2.05) is 36.5 Å². The van der Waals surface area contributed by atoms with Crippen molar-refractivity contribution < 1.29 is 0 Å². The molecule has 0 bridgehead atoms. The molecule has 0 aliphatic heterocycles. The number of nitrogens with one attached hydrogen (secondary N) is 1. The van der Waals surface area contributed by atoms with Gasteiger partial charge in [0.1, 0.15) is 0 Å². The number of nitrogens with zero attached hydrogens (tertiary/aromatic N) is 1. The van der Waals surface area contributed by atoms with Crippen molar-refractivity contribution in [3.63, 3.8) is 0 Å². The first-order valence-electron chi connectivity index (χ1n) is 7.44. The highest BCUT2D eigenvalue weighted by molar-refractivity contribution is 7.98. The summed E-state index contributed by atoms with van der Waals surface area (Å²) in [6.45, 7) is 0. The minimum absolute atomic E-state index is 0.979. The van der Waals surface area contributed by atoms with E-state index < -0.39 is 0 Å². The van der Waals surface area contributed by atoms with Gasteiger partial charge in [-0.25, -0.2) is 0 Å². The molecule has 0 spiro atoms. The zero-order valence-electron chi connectivity index (χ0n) is 12.9. The number of anilines is 1. The second-order valence-electron chi connectivity index (χ2n) is 5.09. The number of hydrogen-bond acceptors (Lipinski definition) is 3. The van der Waals surface area contributed by atoms with Crippen molar-refractivity contribution in [3.05, 3.63) is 84.4 Å². The van der Waals surface area contributed by atoms with Gasteiger partial charge in [0.2, 0.25) is 0 Å². The fourth-order valence-corrected chi connectivity index (χ4v) is 2.68. The fourth-order valence-electron chi connectivity index (χ4n) is 2.28. The smallest absolute Gasteiger partial charge is 0.0561 e. The Morgan fingerprint density at radius 2 is 1.61 bits per heavy atom. The van der Waals surface area contributed by atoms with Gasteiger partial charge in [-0.2, -0.15) is 5.10 Å². The lowest BCUT2D eigenvalue weighted by Crippen LogP contribution is -1.90. The first kappa shape index (κ1) is 15.4. The van der Waals surface area contributed by atoms with Crippen LogP contribution in [0.2, 0.25) is 0 Å². The van der Waals surface area contributed by atoms with Crippen LogP contribution in [-0.4, -0.2) is 12.5 Å². The molecule has 0 aliphatic carbocycles. The van der Waals surface area contributed by atoms with Crippen molar-refractivity contribution in [3.8, 4) is 11.1 Å². The summed E-state index contributed by atoms with van der Waals surface area (Å²) >= 11 is 1.76. The predicted molar refractivity (Wildman–Crippen MR) is 101 cm³/mol. The summed E-state index contributed by atoms with van der Waals surface area (Å²) < 4.78 is 0. The SMILES string of the molecule is CSc1ccc(-c2cccc(C=NNc3ccccc3)c2)cc1. The van der Waals surface area contributed by atoms with Gasteiger partial charge in [-0.05, 0) is 53.3 Å². The number of thioether (sulfide) groups is 1. The van der Waals surface area contributed by atoms with Crippen LogP contribution in [-0.2, 0) is 0 Å². The molecule has 3 heteroatoms. The fraction of sp³-hybridized carbons (Fsp3) is 0.0500. The van der Waals surface area contributed by atoms with E-state index in [-0.39, 0.29) is 0 Å². The van der Waals surface area contributed by atoms with Crippen LogP contribution in [0.4, 0.5) is 5.69 Å². The van der Waals surface area contributed by atoms with Gasteiger partial charge >= 0.3 is 0 Å². The zero-order chi connectivity index (χ0) is 15.9. The topological polar surface area (TPSA) is 24.4 Å². The molecule has 0 atom stereocenters. The van der Waals surface area contributed by atoms with Crippen LogP contribution in [0.25, 0.3) is 11.1 Å². The van der Waals surface area contributed by atoms with Gasteiger partial charge in [0, 0.05) is 4.90 Å². The van der Waals surface area contributed by atoms with Crippen LogP contribution in [0, 0.1) is 0 Å². The van der Waals surface area contributed by atoms with Crippen LogP contribution in [0.15, 0.2) is 88.9 Å². The Morgan fingerprint density at radius 3 is 2.35 bits per heavy atom. The van der Waals surface area contributed by atoms with Gasteiger partial charge in [0.05, 0.1) is 11.9 Å². The Kier molecular flexibility index (Phi) is 5.12. The van der Waals surface area contributed by atoms with Crippen LogP contribution in [0.5, 0.6) is 0 Å². The summed E-state index contributed by atoms with van der Waals surface area (Å²) in [5.41, 5.74) is 7.50. The Balaban J connectivity index is 1.74. The maximum absolute atomic E-state index is 4.30. The zero-order valence-corrected chi connectivity index (χ0v) is 13.8. The number of hydrogen-bond donors (Lipinski definition) is 1. The standard InChI is InChI=1S/C20H18N2S/c1-23-20-12-10-17(11-13-20)18-7-5-6-16(14-18)15-21-22-19-8-3-2-4-9-19/h2-15,22H,1H3. The second kappa shape index (κ2) is 7.65. The molecular formula is C20H18N2S. The molecule has 114 valence electrons. The number of rotatable bonds is 5.